The zero-order valence-electron chi connectivity index (χ0n) is 26.2. The van der Waals surface area contributed by atoms with Crippen LogP contribution in [-0.2, 0) is 21.4 Å². The van der Waals surface area contributed by atoms with Crippen LogP contribution in [0.1, 0.15) is 60.1 Å². The summed E-state index contributed by atoms with van der Waals surface area (Å²) < 4.78 is 39.1. The standard InChI is InChI=1S/C33H41F3N6O4/c1-39(2)31(45)22-19-40(20-22)25-6-7-28(37-17-25)32(46)12-8-24(9-13-32)41-14-10-27-26(41)11-15-42(27)29(43)18-38-30(44)21-4-3-5-23(16-21)33(34,35)36/h3-7,16-17,22,24,26-27,46H,8-15,18-20H2,1-2H3,(H,38,44)/t24-,26?,27?,32+. The van der Waals surface area contributed by atoms with Crippen LogP contribution in [0.15, 0.2) is 42.6 Å². The molecule has 0 radical (unpaired) electrons. The average molecular weight is 643 g/mol. The molecule has 1 aromatic carbocycles. The quantitative estimate of drug-likeness (QED) is 0.478. The summed E-state index contributed by atoms with van der Waals surface area (Å²) in [7, 11) is 3.54. The number of fused-ring (bicyclic) bond motifs is 1. The Hall–Kier alpha value is -3.71. The van der Waals surface area contributed by atoms with Crippen LogP contribution in [0.5, 0.6) is 0 Å². The molecule has 0 spiro atoms. The summed E-state index contributed by atoms with van der Waals surface area (Å²) in [5.41, 5.74) is -0.434. The number of amides is 3. The van der Waals surface area contributed by atoms with Crippen molar-refractivity contribution in [2.45, 2.75) is 68.4 Å². The highest BCUT2D eigenvalue weighted by atomic mass is 19.4. The molecule has 2 aromatic rings. The molecule has 1 aliphatic carbocycles. The van der Waals surface area contributed by atoms with Gasteiger partial charge in [0.05, 0.1) is 35.6 Å². The molecule has 46 heavy (non-hydrogen) atoms. The van der Waals surface area contributed by atoms with Crippen LogP contribution >= 0.6 is 0 Å². The summed E-state index contributed by atoms with van der Waals surface area (Å²) in [6.07, 6.45) is 1.66. The van der Waals surface area contributed by atoms with Gasteiger partial charge in [0, 0.05) is 64.0 Å². The van der Waals surface area contributed by atoms with Crippen molar-refractivity contribution in [2.24, 2.45) is 5.92 Å². The normalized spacial score (nSPS) is 26.9. The van der Waals surface area contributed by atoms with Gasteiger partial charge < -0.3 is 25.1 Å². The molecule has 2 N–H and O–H groups in total. The molecule has 1 saturated carbocycles. The van der Waals surface area contributed by atoms with Crippen molar-refractivity contribution in [3.63, 3.8) is 0 Å². The van der Waals surface area contributed by atoms with E-state index in [1.54, 1.807) is 30.1 Å². The molecule has 0 bridgehead atoms. The van der Waals surface area contributed by atoms with Crippen LogP contribution in [0.4, 0.5) is 18.9 Å². The second-order valence-corrected chi connectivity index (χ2v) is 13.3. The zero-order valence-corrected chi connectivity index (χ0v) is 26.2. The Morgan fingerprint density at radius 3 is 2.39 bits per heavy atom. The number of aliphatic hydroxyl groups is 1. The molecule has 2 atom stereocenters. The van der Waals surface area contributed by atoms with Crippen molar-refractivity contribution in [3.8, 4) is 0 Å². The van der Waals surface area contributed by atoms with Gasteiger partial charge in [-0.2, -0.15) is 13.2 Å². The van der Waals surface area contributed by atoms with Gasteiger partial charge in [0.15, 0.2) is 0 Å². The number of carbonyl (C=O) groups excluding carboxylic acids is 3. The Labute approximate surface area is 266 Å². The first-order valence-electron chi connectivity index (χ1n) is 16.0. The number of halogens is 3. The molecule has 13 heteroatoms. The van der Waals surface area contributed by atoms with Crippen LogP contribution < -0.4 is 10.2 Å². The number of hydrogen-bond donors (Lipinski definition) is 2. The Morgan fingerprint density at radius 2 is 1.74 bits per heavy atom. The molecule has 2 unspecified atom stereocenters. The van der Waals surface area contributed by atoms with E-state index in [0.717, 1.165) is 50.0 Å². The van der Waals surface area contributed by atoms with E-state index in [9.17, 15) is 32.7 Å². The number of hydrogen-bond acceptors (Lipinski definition) is 7. The number of nitrogens with zero attached hydrogens (tertiary/aromatic N) is 5. The Balaban J connectivity index is 0.983. The maximum Gasteiger partial charge on any atom is 0.416 e. The first-order valence-corrected chi connectivity index (χ1v) is 16.0. The predicted octanol–water partition coefficient (Wildman–Crippen LogP) is 2.86. The fourth-order valence-electron chi connectivity index (χ4n) is 7.71. The summed E-state index contributed by atoms with van der Waals surface area (Å²) >= 11 is 0. The van der Waals surface area contributed by atoms with Crippen molar-refractivity contribution in [1.82, 2.24) is 25.0 Å². The molecule has 10 nitrogen and oxygen atoms in total. The van der Waals surface area contributed by atoms with Crippen molar-refractivity contribution in [1.29, 1.82) is 0 Å². The number of likely N-dealkylation sites (tertiary alicyclic amines) is 2. The lowest BCUT2D eigenvalue weighted by Gasteiger charge is -2.42. The summed E-state index contributed by atoms with van der Waals surface area (Å²) in [5.74, 6) is -0.814. The lowest BCUT2D eigenvalue weighted by Crippen LogP contribution is -2.53. The molecule has 4 fully saturated rings. The maximum absolute atomic E-state index is 13.1. The molecule has 3 amide bonds. The smallest absolute Gasteiger partial charge is 0.384 e. The first kappa shape index (κ1) is 32.2. The number of carbonyl (C=O) groups is 3. The van der Waals surface area contributed by atoms with E-state index in [0.29, 0.717) is 38.2 Å². The van der Waals surface area contributed by atoms with E-state index in [2.05, 4.69) is 20.1 Å². The van der Waals surface area contributed by atoms with Crippen molar-refractivity contribution < 1.29 is 32.7 Å². The molecule has 4 heterocycles. The third kappa shape index (κ3) is 6.31. The Morgan fingerprint density at radius 1 is 1.02 bits per heavy atom. The molecule has 6 rings (SSSR count). The van der Waals surface area contributed by atoms with Gasteiger partial charge >= 0.3 is 6.18 Å². The van der Waals surface area contributed by atoms with Crippen molar-refractivity contribution >= 4 is 23.4 Å². The third-order valence-corrected chi connectivity index (χ3v) is 10.3. The van der Waals surface area contributed by atoms with Gasteiger partial charge in [-0.15, -0.1) is 0 Å². The number of anilines is 1. The second-order valence-electron chi connectivity index (χ2n) is 13.3. The highest BCUT2D eigenvalue weighted by Gasteiger charge is 2.48. The lowest BCUT2D eigenvalue weighted by molar-refractivity contribution is -0.137. The van der Waals surface area contributed by atoms with Gasteiger partial charge in [-0.3, -0.25) is 24.3 Å². The fourth-order valence-corrected chi connectivity index (χ4v) is 7.71. The molecule has 4 aliphatic rings. The SMILES string of the molecule is CN(C)C(=O)C1CN(c2ccc([C@]3(O)CC[C@@H](N4CCC5C4CCN5C(=O)CNC(=O)c4cccc(C(F)(F)F)c4)CC3)nc2)C1. The van der Waals surface area contributed by atoms with Crippen molar-refractivity contribution in [3.05, 3.63) is 59.4 Å². The fraction of sp³-hybridized carbons (Fsp3) is 0.576. The monoisotopic (exact) mass is 642 g/mol. The number of nitrogens with one attached hydrogen (secondary N) is 1. The van der Waals surface area contributed by atoms with E-state index >= 15 is 0 Å². The van der Waals surface area contributed by atoms with Crippen LogP contribution in [0, 0.1) is 5.92 Å². The second kappa shape index (κ2) is 12.5. The summed E-state index contributed by atoms with van der Waals surface area (Å²) in [4.78, 5) is 50.4. The number of rotatable bonds is 7. The van der Waals surface area contributed by atoms with Gasteiger partial charge in [0.25, 0.3) is 5.91 Å². The van der Waals surface area contributed by atoms with E-state index < -0.39 is 23.2 Å². The number of benzene rings is 1. The van der Waals surface area contributed by atoms with Gasteiger partial charge in [-0.1, -0.05) is 6.07 Å². The maximum atomic E-state index is 13.1. The molecule has 248 valence electrons. The van der Waals surface area contributed by atoms with Crippen LogP contribution in [0.3, 0.4) is 0 Å². The van der Waals surface area contributed by atoms with E-state index in [1.807, 2.05) is 12.1 Å². The molecular formula is C33H41F3N6O4. The average Bonchev–Trinajstić information content (AvgIpc) is 3.62. The summed E-state index contributed by atoms with van der Waals surface area (Å²) in [5, 5.41) is 14.0. The van der Waals surface area contributed by atoms with Gasteiger partial charge in [-0.25, -0.2) is 0 Å². The van der Waals surface area contributed by atoms with E-state index in [-0.39, 0.29) is 48.0 Å². The van der Waals surface area contributed by atoms with Crippen LogP contribution in [0.2, 0.25) is 0 Å². The molecular weight excluding hydrogens is 601 g/mol. The Bertz CT molecular complexity index is 1450. The molecule has 3 aliphatic heterocycles. The minimum Gasteiger partial charge on any atom is -0.384 e. The van der Waals surface area contributed by atoms with Crippen LogP contribution in [0.25, 0.3) is 0 Å². The van der Waals surface area contributed by atoms with Crippen LogP contribution in [-0.4, -0.2) is 107 Å². The number of aromatic nitrogens is 1. The minimum atomic E-state index is -4.56. The van der Waals surface area contributed by atoms with Gasteiger partial charge in [-0.05, 0) is 68.9 Å². The zero-order chi connectivity index (χ0) is 32.8. The summed E-state index contributed by atoms with van der Waals surface area (Å²) in [6.45, 7) is 2.48. The largest absolute Gasteiger partial charge is 0.416 e. The lowest BCUT2D eigenvalue weighted by atomic mass is 9.79. The molecule has 1 aromatic heterocycles. The number of pyridine rings is 1. The van der Waals surface area contributed by atoms with Gasteiger partial charge in [0.2, 0.25) is 11.8 Å². The Kier molecular flexibility index (Phi) is 8.75. The number of alkyl halides is 3. The van der Waals surface area contributed by atoms with E-state index in [4.69, 9.17) is 0 Å². The third-order valence-electron chi connectivity index (χ3n) is 10.3. The van der Waals surface area contributed by atoms with E-state index in [1.165, 1.54) is 12.1 Å². The first-order chi connectivity index (χ1) is 21.8. The predicted molar refractivity (Wildman–Crippen MR) is 164 cm³/mol. The highest BCUT2D eigenvalue weighted by Crippen LogP contribution is 2.42. The topological polar surface area (TPSA) is 109 Å². The van der Waals surface area contributed by atoms with Crippen molar-refractivity contribution in [2.75, 3.05) is 51.7 Å². The highest BCUT2D eigenvalue weighted by molar-refractivity contribution is 5.96. The summed E-state index contributed by atoms with van der Waals surface area (Å²) in [6, 6.07) is 8.56. The minimum absolute atomic E-state index is 0.00307. The van der Waals surface area contributed by atoms with Gasteiger partial charge in [0.1, 0.15) is 5.60 Å². The molecule has 3 saturated heterocycles.